The van der Waals surface area contributed by atoms with Crippen molar-refractivity contribution >= 4 is 10.0 Å². The highest BCUT2D eigenvalue weighted by Gasteiger charge is 2.27. The lowest BCUT2D eigenvalue weighted by atomic mass is 10.2. The van der Waals surface area contributed by atoms with E-state index in [1.54, 1.807) is 12.1 Å². The molecule has 0 spiro atoms. The van der Waals surface area contributed by atoms with Gasteiger partial charge in [-0.2, -0.15) is 4.31 Å². The van der Waals surface area contributed by atoms with Gasteiger partial charge >= 0.3 is 0 Å². The number of hydrogen-bond donors (Lipinski definition) is 1. The maximum absolute atomic E-state index is 12.6. The van der Waals surface area contributed by atoms with Gasteiger partial charge < -0.3 is 10.1 Å². The molecule has 19 heavy (non-hydrogen) atoms. The molecule has 1 saturated heterocycles. The Hall–Kier alpha value is -0.950. The van der Waals surface area contributed by atoms with Gasteiger partial charge in [-0.05, 0) is 18.2 Å². The van der Waals surface area contributed by atoms with E-state index in [9.17, 15) is 8.42 Å². The molecule has 0 saturated carbocycles. The normalized spacial score (nSPS) is 17.5. The molecule has 1 aliphatic rings. The minimum atomic E-state index is -3.41. The molecule has 0 atom stereocenters. The van der Waals surface area contributed by atoms with Crippen molar-refractivity contribution in [3.63, 3.8) is 0 Å². The van der Waals surface area contributed by atoms with E-state index in [1.807, 2.05) is 19.1 Å². The molecule has 1 aromatic carbocycles. The van der Waals surface area contributed by atoms with Crippen LogP contribution >= 0.6 is 0 Å². The van der Waals surface area contributed by atoms with E-state index in [4.69, 9.17) is 4.74 Å². The fraction of sp³-hybridized carbons (Fsp3) is 0.538. The summed E-state index contributed by atoms with van der Waals surface area (Å²) in [5.41, 5.74) is 0.816. The van der Waals surface area contributed by atoms with Gasteiger partial charge in [0.2, 0.25) is 10.0 Å². The fourth-order valence-electron chi connectivity index (χ4n) is 2.09. The number of nitrogens with one attached hydrogen (secondary N) is 1. The zero-order valence-electron chi connectivity index (χ0n) is 11.1. The average Bonchev–Trinajstić information content (AvgIpc) is 2.46. The number of rotatable bonds is 5. The van der Waals surface area contributed by atoms with Crippen LogP contribution in [0.5, 0.6) is 0 Å². The lowest BCUT2D eigenvalue weighted by molar-refractivity contribution is 0.0730. The third-order valence-corrected chi connectivity index (χ3v) is 5.13. The van der Waals surface area contributed by atoms with E-state index in [0.717, 1.165) is 12.1 Å². The first kappa shape index (κ1) is 14.5. The number of ether oxygens (including phenoxy) is 1. The van der Waals surface area contributed by atoms with Crippen LogP contribution < -0.4 is 5.32 Å². The lowest BCUT2D eigenvalue weighted by Gasteiger charge is -2.27. The first-order chi connectivity index (χ1) is 9.16. The number of morpholine rings is 1. The Morgan fingerprint density at radius 2 is 1.95 bits per heavy atom. The van der Waals surface area contributed by atoms with Crippen LogP contribution in [-0.4, -0.2) is 45.6 Å². The summed E-state index contributed by atoms with van der Waals surface area (Å²) in [5.74, 6) is 0. The van der Waals surface area contributed by atoms with Gasteiger partial charge in [-0.1, -0.05) is 25.1 Å². The molecule has 1 heterocycles. The third kappa shape index (κ3) is 3.33. The molecule has 0 unspecified atom stereocenters. The largest absolute Gasteiger partial charge is 0.379 e. The Balaban J connectivity index is 2.28. The van der Waals surface area contributed by atoms with Gasteiger partial charge in [0.15, 0.2) is 0 Å². The Bertz CT molecular complexity index is 510. The predicted molar refractivity (Wildman–Crippen MR) is 73.4 cm³/mol. The minimum absolute atomic E-state index is 0.401. The second-order valence-corrected chi connectivity index (χ2v) is 6.31. The standard InChI is InChI=1S/C13H20N2O3S/c1-2-14-11-12-5-3-4-6-13(12)19(16,17)15-7-9-18-10-8-15/h3-6,14H,2,7-11H2,1H3. The highest BCUT2D eigenvalue weighted by Crippen LogP contribution is 2.21. The second kappa shape index (κ2) is 6.47. The Morgan fingerprint density at radius 3 is 2.63 bits per heavy atom. The molecule has 1 N–H and O–H groups in total. The van der Waals surface area contributed by atoms with Crippen LogP contribution in [0.15, 0.2) is 29.2 Å². The van der Waals surface area contributed by atoms with E-state index in [-0.39, 0.29) is 0 Å². The molecule has 0 aromatic heterocycles. The van der Waals surface area contributed by atoms with Crippen molar-refractivity contribution in [1.82, 2.24) is 9.62 Å². The van der Waals surface area contributed by atoms with Crippen molar-refractivity contribution in [1.29, 1.82) is 0 Å². The number of benzene rings is 1. The minimum Gasteiger partial charge on any atom is -0.379 e. The Labute approximate surface area is 114 Å². The van der Waals surface area contributed by atoms with Gasteiger partial charge in [0.05, 0.1) is 18.1 Å². The second-order valence-electron chi connectivity index (χ2n) is 4.40. The molecule has 1 fully saturated rings. The van der Waals surface area contributed by atoms with Crippen LogP contribution in [0.2, 0.25) is 0 Å². The molecule has 5 nitrogen and oxygen atoms in total. The summed E-state index contributed by atoms with van der Waals surface area (Å²) in [5, 5.41) is 3.17. The Morgan fingerprint density at radius 1 is 1.26 bits per heavy atom. The predicted octanol–water partition coefficient (Wildman–Crippen LogP) is 0.817. The highest BCUT2D eigenvalue weighted by atomic mass is 32.2. The summed E-state index contributed by atoms with van der Waals surface area (Å²) in [6.45, 7) is 5.17. The molecule has 0 amide bonds. The van der Waals surface area contributed by atoms with Crippen molar-refractivity contribution in [2.45, 2.75) is 18.4 Å². The molecule has 0 radical (unpaired) electrons. The van der Waals surface area contributed by atoms with Crippen LogP contribution in [0.1, 0.15) is 12.5 Å². The molecule has 1 aromatic rings. The van der Waals surface area contributed by atoms with Gasteiger partial charge in [0.1, 0.15) is 0 Å². The first-order valence-electron chi connectivity index (χ1n) is 6.52. The molecule has 6 heteroatoms. The number of sulfonamides is 1. The molecular formula is C13H20N2O3S. The number of hydrogen-bond acceptors (Lipinski definition) is 4. The van der Waals surface area contributed by atoms with Crippen molar-refractivity contribution in [3.8, 4) is 0 Å². The maximum Gasteiger partial charge on any atom is 0.243 e. The summed E-state index contributed by atoms with van der Waals surface area (Å²) in [6.07, 6.45) is 0. The quantitative estimate of drug-likeness (QED) is 0.869. The van der Waals surface area contributed by atoms with Crippen molar-refractivity contribution < 1.29 is 13.2 Å². The van der Waals surface area contributed by atoms with Gasteiger partial charge in [-0.25, -0.2) is 8.42 Å². The van der Waals surface area contributed by atoms with Crippen molar-refractivity contribution in [3.05, 3.63) is 29.8 Å². The smallest absolute Gasteiger partial charge is 0.243 e. The highest BCUT2D eigenvalue weighted by molar-refractivity contribution is 7.89. The monoisotopic (exact) mass is 284 g/mol. The summed E-state index contributed by atoms with van der Waals surface area (Å²) >= 11 is 0. The van der Waals surface area contributed by atoms with Gasteiger partial charge in [0.25, 0.3) is 0 Å². The molecule has 1 aliphatic heterocycles. The average molecular weight is 284 g/mol. The summed E-state index contributed by atoms with van der Waals surface area (Å²) in [7, 11) is -3.41. The van der Waals surface area contributed by atoms with Crippen LogP contribution in [0.3, 0.4) is 0 Å². The zero-order chi connectivity index (χ0) is 13.7. The van der Waals surface area contributed by atoms with Gasteiger partial charge in [-0.15, -0.1) is 0 Å². The lowest BCUT2D eigenvalue weighted by Crippen LogP contribution is -2.41. The van der Waals surface area contributed by atoms with E-state index < -0.39 is 10.0 Å². The molecule has 0 bridgehead atoms. The zero-order valence-corrected chi connectivity index (χ0v) is 11.9. The van der Waals surface area contributed by atoms with E-state index in [0.29, 0.717) is 37.7 Å². The van der Waals surface area contributed by atoms with E-state index in [1.165, 1.54) is 4.31 Å². The number of nitrogens with zero attached hydrogens (tertiary/aromatic N) is 1. The molecular weight excluding hydrogens is 264 g/mol. The first-order valence-corrected chi connectivity index (χ1v) is 7.97. The van der Waals surface area contributed by atoms with E-state index >= 15 is 0 Å². The SMILES string of the molecule is CCNCc1ccccc1S(=O)(=O)N1CCOCC1. The van der Waals surface area contributed by atoms with Crippen LogP contribution in [0, 0.1) is 0 Å². The molecule has 106 valence electrons. The Kier molecular flexibility index (Phi) is 4.93. The van der Waals surface area contributed by atoms with E-state index in [2.05, 4.69) is 5.32 Å². The maximum atomic E-state index is 12.6. The topological polar surface area (TPSA) is 58.6 Å². The van der Waals surface area contributed by atoms with Crippen LogP contribution in [0.25, 0.3) is 0 Å². The summed E-state index contributed by atoms with van der Waals surface area (Å²) < 4.78 is 31.9. The molecule has 2 rings (SSSR count). The van der Waals surface area contributed by atoms with Gasteiger partial charge in [0, 0.05) is 19.6 Å². The fourth-order valence-corrected chi connectivity index (χ4v) is 3.72. The summed E-state index contributed by atoms with van der Waals surface area (Å²) in [4.78, 5) is 0.401. The van der Waals surface area contributed by atoms with Crippen LogP contribution in [0.4, 0.5) is 0 Å². The summed E-state index contributed by atoms with van der Waals surface area (Å²) in [6, 6.07) is 7.17. The van der Waals surface area contributed by atoms with Crippen molar-refractivity contribution in [2.24, 2.45) is 0 Å². The molecule has 0 aliphatic carbocycles. The third-order valence-electron chi connectivity index (χ3n) is 3.13. The van der Waals surface area contributed by atoms with Gasteiger partial charge in [-0.3, -0.25) is 0 Å². The van der Waals surface area contributed by atoms with Crippen LogP contribution in [-0.2, 0) is 21.3 Å². The van der Waals surface area contributed by atoms with Crippen molar-refractivity contribution in [2.75, 3.05) is 32.8 Å².